The Bertz CT molecular complexity index is 1060. The third-order valence-corrected chi connectivity index (χ3v) is 5.72. The molecule has 1 aliphatic carbocycles. The molecule has 0 radical (unpaired) electrons. The molecule has 1 heterocycles. The lowest BCUT2D eigenvalue weighted by atomic mass is 9.68. The maximum atomic E-state index is 11.8. The molecule has 154 valence electrons. The van der Waals surface area contributed by atoms with Crippen LogP contribution in [0.4, 0.5) is 0 Å². The molecule has 0 unspecified atom stereocenters. The third-order valence-electron chi connectivity index (χ3n) is 5.72. The van der Waals surface area contributed by atoms with Gasteiger partial charge in [0, 0.05) is 17.2 Å². The lowest BCUT2D eigenvalue weighted by Gasteiger charge is -2.35. The number of rotatable bonds is 5. The van der Waals surface area contributed by atoms with E-state index in [9.17, 15) is 9.59 Å². The molecule has 1 atom stereocenters. The summed E-state index contributed by atoms with van der Waals surface area (Å²) in [4.78, 5) is 23.6. The number of hydrogen-bond donors (Lipinski definition) is 4. The number of aromatic amines is 1. The van der Waals surface area contributed by atoms with Crippen LogP contribution >= 0.6 is 0 Å². The number of fused-ring (bicyclic) bond motifs is 2. The number of tetrazole rings is 1. The van der Waals surface area contributed by atoms with Crippen molar-refractivity contribution >= 4 is 11.8 Å². The van der Waals surface area contributed by atoms with Gasteiger partial charge in [0.25, 0.3) is 0 Å². The molecule has 0 aliphatic heterocycles. The Kier molecular flexibility index (Phi) is 4.83. The molecule has 1 aliphatic rings. The van der Waals surface area contributed by atoms with Crippen LogP contribution in [-0.4, -0.2) is 38.5 Å². The Balaban J connectivity index is 2.07. The minimum atomic E-state index is -0.811. The van der Waals surface area contributed by atoms with Gasteiger partial charge in [0.05, 0.1) is 5.41 Å². The van der Waals surface area contributed by atoms with Crippen LogP contribution in [0.2, 0.25) is 0 Å². The fourth-order valence-electron chi connectivity index (χ4n) is 4.53. The van der Waals surface area contributed by atoms with Crippen LogP contribution in [-0.2, 0) is 18.3 Å². The highest BCUT2D eigenvalue weighted by Crippen LogP contribution is 2.46. The largest absolute Gasteiger partial charge is 0.366 e. The summed E-state index contributed by atoms with van der Waals surface area (Å²) in [5, 5.41) is 15.0. The van der Waals surface area contributed by atoms with Gasteiger partial charge in [-0.05, 0) is 72.7 Å². The molecule has 0 saturated carbocycles. The zero-order chi connectivity index (χ0) is 21.5. The average molecular weight is 405 g/mol. The van der Waals surface area contributed by atoms with E-state index >= 15 is 0 Å². The fraction of sp³-hybridized carbons (Fsp3) is 0.286. The first-order valence-corrected chi connectivity index (χ1v) is 9.69. The van der Waals surface area contributed by atoms with E-state index in [2.05, 4.69) is 20.6 Å². The first-order chi connectivity index (χ1) is 14.3. The number of nitrogens with one attached hydrogen (secondary N) is 1. The quantitative estimate of drug-likeness (QED) is 0.484. The number of carbonyl (C=O) groups is 2. The summed E-state index contributed by atoms with van der Waals surface area (Å²) >= 11 is 0. The van der Waals surface area contributed by atoms with Crippen LogP contribution < -0.4 is 17.2 Å². The van der Waals surface area contributed by atoms with Crippen molar-refractivity contribution in [1.29, 1.82) is 0 Å². The highest BCUT2D eigenvalue weighted by atomic mass is 16.1. The van der Waals surface area contributed by atoms with E-state index in [-0.39, 0.29) is 6.04 Å². The van der Waals surface area contributed by atoms with Gasteiger partial charge in [0.2, 0.25) is 11.8 Å². The molecule has 0 bridgehead atoms. The number of nitrogens with two attached hydrogens (primary N) is 3. The highest BCUT2D eigenvalue weighted by molar-refractivity contribution is 5.94. The van der Waals surface area contributed by atoms with Gasteiger partial charge in [0.1, 0.15) is 0 Å². The van der Waals surface area contributed by atoms with Gasteiger partial charge >= 0.3 is 0 Å². The number of nitrogens with zero attached hydrogens (tertiary/aromatic N) is 3. The standard InChI is InChI=1S/C21H23N7O2/c1-11(22)10-21(20-25-27-28-26-20)16-6-4-14(18(23)29)8-12(16)2-3-13-9-15(19(24)30)5-7-17(13)21/h4-9,11H,2-3,10,22H2,1H3,(H2,23,29)(H2,24,30)(H,25,26,27,28)/t11-/m0/s1. The molecule has 30 heavy (non-hydrogen) atoms. The van der Waals surface area contributed by atoms with Crippen LogP contribution in [0.3, 0.4) is 0 Å². The lowest BCUT2D eigenvalue weighted by Crippen LogP contribution is -2.38. The molecule has 0 saturated heterocycles. The maximum absolute atomic E-state index is 11.8. The molecule has 3 aromatic rings. The van der Waals surface area contributed by atoms with Gasteiger partial charge in [-0.1, -0.05) is 17.3 Å². The van der Waals surface area contributed by atoms with Gasteiger partial charge in [0.15, 0.2) is 5.82 Å². The average Bonchev–Trinajstić information content (AvgIpc) is 3.21. The van der Waals surface area contributed by atoms with Crippen LogP contribution in [0.5, 0.6) is 0 Å². The van der Waals surface area contributed by atoms with E-state index in [1.807, 2.05) is 31.2 Å². The predicted molar refractivity (Wildman–Crippen MR) is 110 cm³/mol. The number of H-pyrrole nitrogens is 1. The summed E-state index contributed by atoms with van der Waals surface area (Å²) in [7, 11) is 0. The smallest absolute Gasteiger partial charge is 0.248 e. The van der Waals surface area contributed by atoms with Crippen LogP contribution in [0.15, 0.2) is 36.4 Å². The van der Waals surface area contributed by atoms with Crippen molar-refractivity contribution in [2.75, 3.05) is 0 Å². The molecular formula is C21H23N7O2. The summed E-state index contributed by atoms with van der Waals surface area (Å²) in [5.41, 5.74) is 21.2. The zero-order valence-corrected chi connectivity index (χ0v) is 16.6. The number of carbonyl (C=O) groups excluding carboxylic acids is 2. The van der Waals surface area contributed by atoms with Crippen LogP contribution in [0, 0.1) is 0 Å². The van der Waals surface area contributed by atoms with E-state index < -0.39 is 17.2 Å². The summed E-state index contributed by atoms with van der Waals surface area (Å²) in [6, 6.07) is 10.6. The molecule has 9 heteroatoms. The minimum absolute atomic E-state index is 0.200. The number of primary amides is 2. The van der Waals surface area contributed by atoms with E-state index in [1.54, 1.807) is 12.1 Å². The summed E-state index contributed by atoms with van der Waals surface area (Å²) in [5.74, 6) is -0.510. The Labute approximate surface area is 173 Å². The molecule has 0 fully saturated rings. The summed E-state index contributed by atoms with van der Waals surface area (Å²) in [6.45, 7) is 1.92. The molecule has 2 amide bonds. The molecule has 0 spiro atoms. The van der Waals surface area contributed by atoms with Crippen molar-refractivity contribution in [3.63, 3.8) is 0 Å². The second kappa shape index (κ2) is 7.34. The number of benzene rings is 2. The zero-order valence-electron chi connectivity index (χ0n) is 16.6. The number of aromatic nitrogens is 4. The second-order valence-electron chi connectivity index (χ2n) is 7.79. The van der Waals surface area contributed by atoms with Crippen molar-refractivity contribution in [3.8, 4) is 0 Å². The predicted octanol–water partition coefficient (Wildman–Crippen LogP) is 0.568. The molecule has 2 aromatic carbocycles. The van der Waals surface area contributed by atoms with Crippen molar-refractivity contribution in [2.45, 2.75) is 37.6 Å². The third kappa shape index (κ3) is 3.13. The van der Waals surface area contributed by atoms with E-state index in [0.29, 0.717) is 36.2 Å². The van der Waals surface area contributed by atoms with Crippen LogP contribution in [0.25, 0.3) is 0 Å². The highest BCUT2D eigenvalue weighted by Gasteiger charge is 2.45. The minimum Gasteiger partial charge on any atom is -0.366 e. The van der Waals surface area contributed by atoms with Crippen molar-refractivity contribution in [2.24, 2.45) is 17.2 Å². The SMILES string of the molecule is C[C@H](N)CC1(c2nn[nH]n2)c2ccc(C(N)=O)cc2CCc2cc(C(N)=O)ccc21. The first kappa shape index (κ1) is 19.7. The number of aryl methyl sites for hydroxylation is 2. The number of amides is 2. The molecule has 4 rings (SSSR count). The topological polar surface area (TPSA) is 167 Å². The van der Waals surface area contributed by atoms with Crippen molar-refractivity contribution in [3.05, 3.63) is 75.6 Å². The second-order valence-corrected chi connectivity index (χ2v) is 7.79. The van der Waals surface area contributed by atoms with Gasteiger partial charge in [-0.15, -0.1) is 10.2 Å². The Morgan fingerprint density at radius 1 is 1.03 bits per heavy atom. The van der Waals surface area contributed by atoms with Gasteiger partial charge < -0.3 is 17.2 Å². The van der Waals surface area contributed by atoms with Gasteiger partial charge in [-0.3, -0.25) is 9.59 Å². The summed E-state index contributed by atoms with van der Waals surface area (Å²) in [6.07, 6.45) is 1.78. The van der Waals surface area contributed by atoms with E-state index in [0.717, 1.165) is 22.3 Å². The maximum Gasteiger partial charge on any atom is 0.248 e. The Morgan fingerprint density at radius 3 is 1.97 bits per heavy atom. The first-order valence-electron chi connectivity index (χ1n) is 9.69. The molecule has 7 N–H and O–H groups in total. The Morgan fingerprint density at radius 2 is 1.57 bits per heavy atom. The molecular weight excluding hydrogens is 382 g/mol. The Hall–Kier alpha value is -3.59. The fourth-order valence-corrected chi connectivity index (χ4v) is 4.53. The normalized spacial score (nSPS) is 15.5. The number of hydrogen-bond acceptors (Lipinski definition) is 6. The van der Waals surface area contributed by atoms with Crippen LogP contribution in [0.1, 0.15) is 62.1 Å². The van der Waals surface area contributed by atoms with E-state index in [4.69, 9.17) is 17.2 Å². The van der Waals surface area contributed by atoms with Gasteiger partial charge in [-0.25, -0.2) is 0 Å². The summed E-state index contributed by atoms with van der Waals surface area (Å²) < 4.78 is 0. The lowest BCUT2D eigenvalue weighted by molar-refractivity contribution is 0.0991. The van der Waals surface area contributed by atoms with Crippen molar-refractivity contribution < 1.29 is 9.59 Å². The molecule has 1 aromatic heterocycles. The molecule has 9 nitrogen and oxygen atoms in total. The van der Waals surface area contributed by atoms with Gasteiger partial charge in [-0.2, -0.15) is 5.21 Å². The van der Waals surface area contributed by atoms with Crippen molar-refractivity contribution in [1.82, 2.24) is 20.6 Å². The van der Waals surface area contributed by atoms with E-state index in [1.165, 1.54) is 0 Å². The monoisotopic (exact) mass is 405 g/mol.